The summed E-state index contributed by atoms with van der Waals surface area (Å²) in [4.78, 5) is 17.5. The molecule has 1 aliphatic rings. The Hall–Kier alpha value is -2.04. The van der Waals surface area contributed by atoms with Gasteiger partial charge in [-0.1, -0.05) is 6.07 Å². The van der Waals surface area contributed by atoms with Crippen LogP contribution in [0.15, 0.2) is 29.7 Å². The molecule has 1 aromatic rings. The first-order valence-corrected chi connectivity index (χ1v) is 5.49. The van der Waals surface area contributed by atoms with Gasteiger partial charge in [0.05, 0.1) is 6.54 Å². The maximum atomic E-state index is 11.5. The third kappa shape index (κ3) is 2.38. The number of hydrogen-bond acceptors (Lipinski definition) is 4. The Balaban J connectivity index is 2.22. The largest absolute Gasteiger partial charge is 0.383 e. The Kier molecular flexibility index (Phi) is 2.99. The third-order valence-corrected chi connectivity index (χ3v) is 2.97. The number of nitrogens with one attached hydrogen (secondary N) is 1. The fraction of sp³-hybridized carbons (Fsp3) is 0.333. The number of carbonyl (C=O) groups excluding carboxylic acids is 1. The van der Waals surface area contributed by atoms with E-state index in [9.17, 15) is 4.79 Å². The van der Waals surface area contributed by atoms with Gasteiger partial charge in [0, 0.05) is 29.7 Å². The number of hydrogen-bond donors (Lipinski definition) is 2. The van der Waals surface area contributed by atoms with Crippen LogP contribution in [0, 0.1) is 0 Å². The van der Waals surface area contributed by atoms with Gasteiger partial charge in [-0.2, -0.15) is 0 Å². The number of allylic oxidation sites excluding steroid dienone is 2. The van der Waals surface area contributed by atoms with E-state index in [0.29, 0.717) is 18.9 Å². The number of rotatable bonds is 2. The fourth-order valence-electron chi connectivity index (χ4n) is 1.83. The van der Waals surface area contributed by atoms with Crippen LogP contribution in [0.1, 0.15) is 19.4 Å². The number of pyridine rings is 1. The second kappa shape index (κ2) is 4.45. The highest BCUT2D eigenvalue weighted by atomic mass is 16.2. The van der Waals surface area contributed by atoms with Gasteiger partial charge in [-0.05, 0) is 19.9 Å². The smallest absolute Gasteiger partial charge is 0.243 e. The summed E-state index contributed by atoms with van der Waals surface area (Å²) in [6.45, 7) is 4.85. The molecule has 0 aliphatic carbocycles. The molecular weight excluding hydrogens is 216 g/mol. The molecule has 3 N–H and O–H groups in total. The number of nitrogens with two attached hydrogens (primary N) is 1. The fourth-order valence-corrected chi connectivity index (χ4v) is 1.83. The van der Waals surface area contributed by atoms with Crippen LogP contribution >= 0.6 is 0 Å². The monoisotopic (exact) mass is 232 g/mol. The summed E-state index contributed by atoms with van der Waals surface area (Å²) >= 11 is 0. The molecule has 5 nitrogen and oxygen atoms in total. The number of anilines is 1. The quantitative estimate of drug-likeness (QED) is 0.793. The van der Waals surface area contributed by atoms with Crippen molar-refractivity contribution in [2.45, 2.75) is 20.4 Å². The van der Waals surface area contributed by atoms with Crippen molar-refractivity contribution in [3.8, 4) is 0 Å². The minimum atomic E-state index is 0.00978. The molecule has 1 aromatic heterocycles. The molecule has 2 heterocycles. The minimum absolute atomic E-state index is 0.00978. The topological polar surface area (TPSA) is 71.2 Å². The number of nitrogen functional groups attached to an aromatic ring is 1. The van der Waals surface area contributed by atoms with E-state index < -0.39 is 0 Å². The zero-order valence-corrected chi connectivity index (χ0v) is 10.0. The Morgan fingerprint density at radius 1 is 1.53 bits per heavy atom. The van der Waals surface area contributed by atoms with Crippen LogP contribution in [0.4, 0.5) is 5.82 Å². The van der Waals surface area contributed by atoms with Crippen LogP contribution < -0.4 is 11.1 Å². The average Bonchev–Trinajstić information content (AvgIpc) is 2.28. The normalized spacial score (nSPS) is 16.1. The van der Waals surface area contributed by atoms with Crippen molar-refractivity contribution >= 4 is 11.7 Å². The lowest BCUT2D eigenvalue weighted by Crippen LogP contribution is -2.41. The summed E-state index contributed by atoms with van der Waals surface area (Å²) in [6.07, 6.45) is 1.66. The van der Waals surface area contributed by atoms with E-state index >= 15 is 0 Å². The molecule has 1 amide bonds. The van der Waals surface area contributed by atoms with Crippen LogP contribution in [0.5, 0.6) is 0 Å². The third-order valence-electron chi connectivity index (χ3n) is 2.97. The molecular formula is C12H16N4O. The molecule has 2 rings (SSSR count). The van der Waals surface area contributed by atoms with E-state index in [-0.39, 0.29) is 5.91 Å². The highest BCUT2D eigenvalue weighted by molar-refractivity contribution is 5.81. The summed E-state index contributed by atoms with van der Waals surface area (Å²) in [6, 6.07) is 3.78. The number of carbonyl (C=O) groups is 1. The molecule has 0 saturated heterocycles. The summed E-state index contributed by atoms with van der Waals surface area (Å²) in [5.41, 5.74) is 8.69. The van der Waals surface area contributed by atoms with Gasteiger partial charge in [0.1, 0.15) is 5.82 Å². The van der Waals surface area contributed by atoms with Crippen molar-refractivity contribution in [3.63, 3.8) is 0 Å². The Morgan fingerprint density at radius 3 is 3.00 bits per heavy atom. The van der Waals surface area contributed by atoms with Gasteiger partial charge in [-0.15, -0.1) is 0 Å². The molecule has 0 atom stereocenters. The lowest BCUT2D eigenvalue weighted by atomic mass is 10.2. The van der Waals surface area contributed by atoms with Gasteiger partial charge in [0.2, 0.25) is 5.91 Å². The van der Waals surface area contributed by atoms with Gasteiger partial charge in [-0.3, -0.25) is 4.79 Å². The predicted molar refractivity (Wildman–Crippen MR) is 65.6 cm³/mol. The lowest BCUT2D eigenvalue weighted by molar-refractivity contribution is -0.122. The van der Waals surface area contributed by atoms with E-state index in [0.717, 1.165) is 17.0 Å². The molecule has 0 aromatic carbocycles. The van der Waals surface area contributed by atoms with Gasteiger partial charge < -0.3 is 16.0 Å². The molecule has 0 unspecified atom stereocenters. The van der Waals surface area contributed by atoms with E-state index in [2.05, 4.69) is 10.3 Å². The van der Waals surface area contributed by atoms with Crippen molar-refractivity contribution in [3.05, 3.63) is 35.3 Å². The zero-order valence-electron chi connectivity index (χ0n) is 10.0. The zero-order chi connectivity index (χ0) is 12.4. The van der Waals surface area contributed by atoms with Crippen molar-refractivity contribution in [1.29, 1.82) is 0 Å². The summed E-state index contributed by atoms with van der Waals surface area (Å²) in [7, 11) is 0. The predicted octanol–water partition coefficient (Wildman–Crippen LogP) is 0.847. The lowest BCUT2D eigenvalue weighted by Gasteiger charge is -2.31. The van der Waals surface area contributed by atoms with Crippen LogP contribution in [0.25, 0.3) is 0 Å². The molecule has 17 heavy (non-hydrogen) atoms. The maximum absolute atomic E-state index is 11.5. The number of amides is 1. The Morgan fingerprint density at radius 2 is 2.29 bits per heavy atom. The molecule has 5 heteroatoms. The van der Waals surface area contributed by atoms with Gasteiger partial charge in [-0.25, -0.2) is 4.98 Å². The highest BCUT2D eigenvalue weighted by Gasteiger charge is 2.20. The molecule has 0 spiro atoms. The average molecular weight is 232 g/mol. The van der Waals surface area contributed by atoms with Crippen molar-refractivity contribution in [1.82, 2.24) is 15.2 Å². The van der Waals surface area contributed by atoms with Crippen LogP contribution in [0.2, 0.25) is 0 Å². The SMILES string of the molecule is CC1=C(C)N(Cc2cccnc2N)CC(=O)N1. The second-order valence-corrected chi connectivity index (χ2v) is 4.16. The maximum Gasteiger partial charge on any atom is 0.243 e. The molecule has 1 aliphatic heterocycles. The van der Waals surface area contributed by atoms with Gasteiger partial charge in [0.15, 0.2) is 0 Å². The highest BCUT2D eigenvalue weighted by Crippen LogP contribution is 2.18. The van der Waals surface area contributed by atoms with E-state index in [1.54, 1.807) is 6.20 Å². The number of aromatic nitrogens is 1. The van der Waals surface area contributed by atoms with Crippen molar-refractivity contribution < 1.29 is 4.79 Å². The molecule has 0 saturated carbocycles. The van der Waals surface area contributed by atoms with Gasteiger partial charge in [0.25, 0.3) is 0 Å². The number of nitrogens with zero attached hydrogens (tertiary/aromatic N) is 2. The van der Waals surface area contributed by atoms with Crippen LogP contribution in [-0.2, 0) is 11.3 Å². The minimum Gasteiger partial charge on any atom is -0.383 e. The van der Waals surface area contributed by atoms with Crippen LogP contribution in [-0.4, -0.2) is 22.3 Å². The first-order valence-electron chi connectivity index (χ1n) is 5.49. The Labute approximate surface area is 100 Å². The first kappa shape index (κ1) is 11.4. The van der Waals surface area contributed by atoms with Crippen molar-refractivity contribution in [2.24, 2.45) is 0 Å². The Bertz CT molecular complexity index is 481. The molecule has 0 bridgehead atoms. The van der Waals surface area contributed by atoms with Gasteiger partial charge >= 0.3 is 0 Å². The summed E-state index contributed by atoms with van der Waals surface area (Å²) in [5, 5.41) is 2.81. The molecule has 90 valence electrons. The standard InChI is InChI=1S/C12H16N4O/c1-8-9(2)16(7-11(17)15-8)6-10-4-3-5-14-12(10)13/h3-5H,6-7H2,1-2H3,(H2,13,14)(H,15,17). The van der Waals surface area contributed by atoms with Crippen molar-refractivity contribution in [2.75, 3.05) is 12.3 Å². The molecule has 0 radical (unpaired) electrons. The molecule has 0 fully saturated rings. The van der Waals surface area contributed by atoms with E-state index in [1.165, 1.54) is 0 Å². The van der Waals surface area contributed by atoms with Crippen LogP contribution in [0.3, 0.4) is 0 Å². The second-order valence-electron chi connectivity index (χ2n) is 4.16. The summed E-state index contributed by atoms with van der Waals surface area (Å²) < 4.78 is 0. The van der Waals surface area contributed by atoms with E-state index in [4.69, 9.17) is 5.73 Å². The van der Waals surface area contributed by atoms with E-state index in [1.807, 2.05) is 30.9 Å². The first-order chi connectivity index (χ1) is 8.08. The summed E-state index contributed by atoms with van der Waals surface area (Å²) in [5.74, 6) is 0.527.